The summed E-state index contributed by atoms with van der Waals surface area (Å²) in [5.74, 6) is -0.0984. The minimum absolute atomic E-state index is 0.0101. The molecule has 0 aliphatic heterocycles. The lowest BCUT2D eigenvalue weighted by atomic mass is 9.99. The maximum Gasteiger partial charge on any atom is 0.240 e. The number of fused-ring (bicyclic) bond motifs is 2. The van der Waals surface area contributed by atoms with E-state index in [0.29, 0.717) is 17.2 Å². The summed E-state index contributed by atoms with van der Waals surface area (Å²) in [7, 11) is 0. The van der Waals surface area contributed by atoms with Crippen molar-refractivity contribution in [3.63, 3.8) is 0 Å². The first-order valence-corrected chi connectivity index (χ1v) is 11.1. The Balaban J connectivity index is 1.50. The molecule has 1 amide bonds. The summed E-state index contributed by atoms with van der Waals surface area (Å²) >= 11 is 0. The number of nitrogens with zero attached hydrogens (tertiary/aromatic N) is 1. The average Bonchev–Trinajstić information content (AvgIpc) is 2.87. The fourth-order valence-electron chi connectivity index (χ4n) is 4.42. The highest BCUT2D eigenvalue weighted by molar-refractivity contribution is 5.94. The number of pyridine rings is 1. The van der Waals surface area contributed by atoms with Gasteiger partial charge in [0.15, 0.2) is 5.43 Å². The summed E-state index contributed by atoms with van der Waals surface area (Å²) in [6, 6.07) is 35.0. The van der Waals surface area contributed by atoms with E-state index in [1.807, 2.05) is 102 Å². The van der Waals surface area contributed by atoms with Crippen LogP contribution in [-0.2, 0) is 17.8 Å². The van der Waals surface area contributed by atoms with Crippen LogP contribution in [0, 0.1) is 0 Å². The summed E-state index contributed by atoms with van der Waals surface area (Å²) in [6.07, 6.45) is 0.697. The van der Waals surface area contributed by atoms with Crippen molar-refractivity contribution in [3.05, 3.63) is 131 Å². The van der Waals surface area contributed by atoms with Crippen LogP contribution in [0.5, 0.6) is 0 Å². The number of rotatable bonds is 6. The molecule has 1 N–H and O–H groups in total. The lowest BCUT2D eigenvalue weighted by molar-refractivity contribution is -0.122. The van der Waals surface area contributed by atoms with Crippen LogP contribution in [0.25, 0.3) is 21.8 Å². The van der Waals surface area contributed by atoms with Crippen molar-refractivity contribution in [2.45, 2.75) is 19.0 Å². The van der Waals surface area contributed by atoms with E-state index in [-0.39, 0.29) is 23.9 Å². The van der Waals surface area contributed by atoms with Gasteiger partial charge in [-0.25, -0.2) is 0 Å². The molecular weight excluding hydrogens is 408 g/mol. The molecule has 1 aromatic heterocycles. The zero-order valence-corrected chi connectivity index (χ0v) is 18.1. The molecule has 5 aromatic rings. The lowest BCUT2D eigenvalue weighted by Crippen LogP contribution is -2.33. The Bertz CT molecular complexity index is 1410. The van der Waals surface area contributed by atoms with Crippen LogP contribution in [0.4, 0.5) is 0 Å². The third-order valence-corrected chi connectivity index (χ3v) is 6.00. The number of benzene rings is 4. The van der Waals surface area contributed by atoms with Crippen molar-refractivity contribution in [3.8, 4) is 0 Å². The van der Waals surface area contributed by atoms with Crippen molar-refractivity contribution in [2.75, 3.05) is 0 Å². The predicted molar refractivity (Wildman–Crippen MR) is 133 cm³/mol. The highest BCUT2D eigenvalue weighted by Gasteiger charge is 2.18. The van der Waals surface area contributed by atoms with Gasteiger partial charge < -0.3 is 9.88 Å². The topological polar surface area (TPSA) is 51.1 Å². The lowest BCUT2D eigenvalue weighted by Gasteiger charge is -2.21. The summed E-state index contributed by atoms with van der Waals surface area (Å²) < 4.78 is 1.94. The second-order valence-electron chi connectivity index (χ2n) is 8.17. The summed E-state index contributed by atoms with van der Waals surface area (Å²) in [5, 5.41) is 4.47. The van der Waals surface area contributed by atoms with Crippen molar-refractivity contribution >= 4 is 27.7 Å². The Hall–Kier alpha value is -4.18. The molecule has 0 saturated carbocycles. The monoisotopic (exact) mass is 432 g/mol. The zero-order chi connectivity index (χ0) is 22.6. The van der Waals surface area contributed by atoms with Gasteiger partial charge in [0.25, 0.3) is 0 Å². The first kappa shape index (κ1) is 20.7. The molecule has 1 atom stereocenters. The van der Waals surface area contributed by atoms with Crippen molar-refractivity contribution in [1.82, 2.24) is 9.88 Å². The Morgan fingerprint density at radius 1 is 0.697 bits per heavy atom. The van der Waals surface area contributed by atoms with E-state index in [0.717, 1.165) is 22.2 Å². The van der Waals surface area contributed by atoms with Gasteiger partial charge >= 0.3 is 0 Å². The number of amides is 1. The standard InChI is InChI=1S/C29H24N2O2/c32-28(30-25(22-13-5-2-6-14-22)19-21-11-3-1-4-12-21)20-31-26-17-9-7-15-23(26)29(33)24-16-8-10-18-27(24)31/h1-18,25H,19-20H2,(H,30,32). The second kappa shape index (κ2) is 9.13. The van der Waals surface area contributed by atoms with Gasteiger partial charge in [-0.2, -0.15) is 0 Å². The van der Waals surface area contributed by atoms with Crippen LogP contribution in [-0.4, -0.2) is 10.5 Å². The molecular formula is C29H24N2O2. The normalized spacial score (nSPS) is 12.0. The average molecular weight is 433 g/mol. The maximum absolute atomic E-state index is 13.3. The van der Waals surface area contributed by atoms with Crippen LogP contribution < -0.4 is 10.7 Å². The molecule has 0 spiro atoms. The predicted octanol–water partition coefficient (Wildman–Crippen LogP) is 5.25. The SMILES string of the molecule is O=C(Cn1c2ccccc2c(=O)c2ccccc21)NC(Cc1ccccc1)c1ccccc1. The smallest absolute Gasteiger partial charge is 0.240 e. The van der Waals surface area contributed by atoms with Crippen molar-refractivity contribution in [1.29, 1.82) is 0 Å². The summed E-state index contributed by atoms with van der Waals surface area (Å²) in [4.78, 5) is 26.3. The van der Waals surface area contributed by atoms with Crippen LogP contribution >= 0.6 is 0 Å². The fourth-order valence-corrected chi connectivity index (χ4v) is 4.42. The van der Waals surface area contributed by atoms with E-state index in [9.17, 15) is 9.59 Å². The van der Waals surface area contributed by atoms with Crippen molar-refractivity contribution < 1.29 is 4.79 Å². The largest absolute Gasteiger partial charge is 0.347 e. The number of para-hydroxylation sites is 2. The summed E-state index contributed by atoms with van der Waals surface area (Å²) in [6.45, 7) is 0.124. The molecule has 0 radical (unpaired) electrons. The van der Waals surface area contributed by atoms with Crippen LogP contribution in [0.3, 0.4) is 0 Å². The Kier molecular flexibility index (Phi) is 5.73. The Morgan fingerprint density at radius 2 is 1.21 bits per heavy atom. The molecule has 4 heteroatoms. The Morgan fingerprint density at radius 3 is 1.82 bits per heavy atom. The first-order chi connectivity index (χ1) is 16.2. The van der Waals surface area contributed by atoms with Crippen LogP contribution in [0.15, 0.2) is 114 Å². The highest BCUT2D eigenvalue weighted by atomic mass is 16.2. The molecule has 0 aliphatic carbocycles. The van der Waals surface area contributed by atoms with Crippen LogP contribution in [0.2, 0.25) is 0 Å². The third kappa shape index (κ3) is 4.28. The zero-order valence-electron chi connectivity index (χ0n) is 18.1. The van der Waals surface area contributed by atoms with Gasteiger partial charge in [0.2, 0.25) is 5.91 Å². The maximum atomic E-state index is 13.3. The van der Waals surface area contributed by atoms with Gasteiger partial charge in [0, 0.05) is 10.8 Å². The molecule has 4 nitrogen and oxygen atoms in total. The van der Waals surface area contributed by atoms with Gasteiger partial charge in [-0.1, -0.05) is 84.9 Å². The third-order valence-electron chi connectivity index (χ3n) is 6.00. The van der Waals surface area contributed by atoms with Crippen molar-refractivity contribution in [2.24, 2.45) is 0 Å². The number of aromatic nitrogens is 1. The van der Waals surface area contributed by atoms with Gasteiger partial charge in [0.1, 0.15) is 6.54 Å². The Labute approximate surface area is 192 Å². The number of carbonyl (C=O) groups is 1. The summed E-state index contributed by atoms with van der Waals surface area (Å²) in [5.41, 5.74) is 3.73. The minimum atomic E-state index is -0.155. The molecule has 4 aromatic carbocycles. The molecule has 1 unspecified atom stereocenters. The van der Waals surface area contributed by atoms with E-state index in [1.165, 1.54) is 0 Å². The number of hydrogen-bond donors (Lipinski definition) is 1. The van der Waals surface area contributed by atoms with E-state index >= 15 is 0 Å². The van der Waals surface area contributed by atoms with Gasteiger partial charge in [-0.3, -0.25) is 9.59 Å². The molecule has 5 rings (SSSR count). The van der Waals surface area contributed by atoms with Gasteiger partial charge in [0.05, 0.1) is 17.1 Å². The van der Waals surface area contributed by atoms with Gasteiger partial charge in [-0.15, -0.1) is 0 Å². The fraction of sp³-hybridized carbons (Fsp3) is 0.103. The minimum Gasteiger partial charge on any atom is -0.347 e. The first-order valence-electron chi connectivity index (χ1n) is 11.1. The molecule has 0 saturated heterocycles. The van der Waals surface area contributed by atoms with E-state index in [4.69, 9.17) is 0 Å². The number of carbonyl (C=O) groups excluding carboxylic acids is 1. The molecule has 0 bridgehead atoms. The molecule has 0 fully saturated rings. The highest BCUT2D eigenvalue weighted by Crippen LogP contribution is 2.21. The molecule has 33 heavy (non-hydrogen) atoms. The number of hydrogen-bond acceptors (Lipinski definition) is 2. The molecule has 162 valence electrons. The van der Waals surface area contributed by atoms with E-state index < -0.39 is 0 Å². The molecule has 0 aliphatic rings. The quantitative estimate of drug-likeness (QED) is 0.372. The van der Waals surface area contributed by atoms with E-state index in [2.05, 4.69) is 17.4 Å². The number of nitrogens with one attached hydrogen (secondary N) is 1. The molecule has 1 heterocycles. The van der Waals surface area contributed by atoms with E-state index in [1.54, 1.807) is 0 Å². The second-order valence-corrected chi connectivity index (χ2v) is 8.17. The van der Waals surface area contributed by atoms with Gasteiger partial charge in [-0.05, 0) is 41.8 Å². The van der Waals surface area contributed by atoms with Crippen LogP contribution in [0.1, 0.15) is 17.2 Å².